The fourth-order valence-corrected chi connectivity index (χ4v) is 1.70. The van der Waals surface area contributed by atoms with E-state index in [1.54, 1.807) is 40.7 Å². The van der Waals surface area contributed by atoms with Crippen LogP contribution in [0.15, 0.2) is 10.6 Å². The summed E-state index contributed by atoms with van der Waals surface area (Å²) >= 11 is 0. The predicted octanol–water partition coefficient (Wildman–Crippen LogP) is 2.15. The van der Waals surface area contributed by atoms with E-state index >= 15 is 0 Å². The number of amides is 1. The van der Waals surface area contributed by atoms with Crippen LogP contribution in [0.3, 0.4) is 0 Å². The van der Waals surface area contributed by atoms with Crippen molar-refractivity contribution in [2.24, 2.45) is 11.3 Å². The molecule has 0 aliphatic heterocycles. The maximum absolute atomic E-state index is 12.2. The molecule has 0 radical (unpaired) electrons. The zero-order valence-electron chi connectivity index (χ0n) is 11.9. The van der Waals surface area contributed by atoms with Gasteiger partial charge in [0.2, 0.25) is 11.8 Å². The molecule has 1 aromatic rings. The van der Waals surface area contributed by atoms with Crippen LogP contribution in [0.2, 0.25) is 0 Å². The second-order valence-electron chi connectivity index (χ2n) is 5.37. The highest BCUT2D eigenvalue weighted by Gasteiger charge is 2.39. The summed E-state index contributed by atoms with van der Waals surface area (Å²) in [6.07, 6.45) is 0. The van der Waals surface area contributed by atoms with Crippen LogP contribution >= 0.6 is 0 Å². The topological polar surface area (TPSA) is 81.4 Å². The Labute approximate surface area is 112 Å². The molecule has 0 aliphatic rings. The third-order valence-electron chi connectivity index (χ3n) is 2.52. The smallest absolute Gasteiger partial charge is 0.319 e. The van der Waals surface area contributed by atoms with Gasteiger partial charge in [0, 0.05) is 6.07 Å². The molecule has 0 spiro atoms. The maximum atomic E-state index is 12.2. The fraction of sp³-hybridized carbons (Fsp3) is 0.615. The Hall–Kier alpha value is -1.85. The van der Waals surface area contributed by atoms with Gasteiger partial charge in [-0.3, -0.25) is 14.9 Å². The fourth-order valence-electron chi connectivity index (χ4n) is 1.70. The lowest BCUT2D eigenvalue weighted by molar-refractivity contribution is -0.155. The van der Waals surface area contributed by atoms with E-state index in [2.05, 4.69) is 10.5 Å². The van der Waals surface area contributed by atoms with Crippen molar-refractivity contribution in [2.75, 3.05) is 11.9 Å². The number of aromatic nitrogens is 1. The van der Waals surface area contributed by atoms with E-state index in [1.807, 2.05) is 0 Å². The van der Waals surface area contributed by atoms with Crippen LogP contribution < -0.4 is 5.32 Å². The summed E-state index contributed by atoms with van der Waals surface area (Å²) in [5, 5.41) is 6.21. The SMILES string of the molecule is CCOC(=O)C(C(=O)Nc1cc(C)no1)C(C)(C)C. The Morgan fingerprint density at radius 1 is 1.47 bits per heavy atom. The van der Waals surface area contributed by atoms with Crippen LogP contribution in [0, 0.1) is 18.3 Å². The van der Waals surface area contributed by atoms with Crippen LogP contribution in [0.5, 0.6) is 0 Å². The van der Waals surface area contributed by atoms with E-state index in [1.165, 1.54) is 0 Å². The molecule has 1 N–H and O–H groups in total. The molecule has 0 aromatic carbocycles. The molecule has 1 rings (SSSR count). The van der Waals surface area contributed by atoms with Crippen molar-refractivity contribution in [2.45, 2.75) is 34.6 Å². The first kappa shape index (κ1) is 15.2. The first-order valence-corrected chi connectivity index (χ1v) is 6.16. The van der Waals surface area contributed by atoms with Gasteiger partial charge in [-0.25, -0.2) is 0 Å². The normalized spacial score (nSPS) is 12.9. The number of ether oxygens (including phenoxy) is 1. The molecule has 1 heterocycles. The first-order chi connectivity index (χ1) is 8.75. The summed E-state index contributed by atoms with van der Waals surface area (Å²) in [5.41, 5.74) is 0.101. The summed E-state index contributed by atoms with van der Waals surface area (Å²) in [5.74, 6) is -1.68. The number of hydrogen-bond donors (Lipinski definition) is 1. The van der Waals surface area contributed by atoms with Crippen molar-refractivity contribution >= 4 is 17.8 Å². The van der Waals surface area contributed by atoms with Crippen LogP contribution in [0.1, 0.15) is 33.4 Å². The largest absolute Gasteiger partial charge is 0.465 e. The molecular formula is C13H20N2O4. The van der Waals surface area contributed by atoms with Crippen molar-refractivity contribution in [3.8, 4) is 0 Å². The van der Waals surface area contributed by atoms with E-state index in [-0.39, 0.29) is 12.5 Å². The van der Waals surface area contributed by atoms with Crippen LogP contribution in [0.4, 0.5) is 5.88 Å². The molecular weight excluding hydrogens is 248 g/mol. The molecule has 6 nitrogen and oxygen atoms in total. The van der Waals surface area contributed by atoms with Gasteiger partial charge in [0.1, 0.15) is 5.92 Å². The third kappa shape index (κ3) is 4.08. The van der Waals surface area contributed by atoms with Gasteiger partial charge < -0.3 is 9.26 Å². The minimum atomic E-state index is -0.905. The Morgan fingerprint density at radius 2 is 2.11 bits per heavy atom. The van der Waals surface area contributed by atoms with Crippen molar-refractivity contribution < 1.29 is 18.8 Å². The Morgan fingerprint density at radius 3 is 2.53 bits per heavy atom. The average Bonchev–Trinajstić information content (AvgIpc) is 2.61. The van der Waals surface area contributed by atoms with Gasteiger partial charge in [-0.15, -0.1) is 0 Å². The quantitative estimate of drug-likeness (QED) is 0.668. The molecule has 1 amide bonds. The van der Waals surface area contributed by atoms with Crippen LogP contribution in [0.25, 0.3) is 0 Å². The van der Waals surface area contributed by atoms with Crippen molar-refractivity contribution in [1.29, 1.82) is 0 Å². The van der Waals surface area contributed by atoms with Gasteiger partial charge in [0.15, 0.2) is 0 Å². The molecule has 1 aromatic heterocycles. The molecule has 1 unspecified atom stereocenters. The molecule has 0 bridgehead atoms. The first-order valence-electron chi connectivity index (χ1n) is 6.16. The summed E-state index contributed by atoms with van der Waals surface area (Å²) in [6, 6.07) is 1.59. The van der Waals surface area contributed by atoms with Crippen LogP contribution in [-0.4, -0.2) is 23.6 Å². The zero-order chi connectivity index (χ0) is 14.6. The average molecular weight is 268 g/mol. The standard InChI is InChI=1S/C13H20N2O4/c1-6-18-12(17)10(13(3,4)5)11(16)14-9-7-8(2)15-19-9/h7,10H,6H2,1-5H3,(H,14,16). The zero-order valence-corrected chi connectivity index (χ0v) is 11.9. The Bertz CT molecular complexity index is 459. The minimum Gasteiger partial charge on any atom is -0.465 e. The number of anilines is 1. The van der Waals surface area contributed by atoms with Crippen molar-refractivity contribution in [1.82, 2.24) is 5.16 Å². The highest BCUT2D eigenvalue weighted by atomic mass is 16.5. The number of esters is 1. The molecule has 19 heavy (non-hydrogen) atoms. The molecule has 0 saturated heterocycles. The van der Waals surface area contributed by atoms with E-state index < -0.39 is 23.2 Å². The van der Waals surface area contributed by atoms with Gasteiger partial charge in [-0.2, -0.15) is 0 Å². The Kier molecular flexibility index (Phi) is 4.69. The van der Waals surface area contributed by atoms with Gasteiger partial charge in [0.25, 0.3) is 0 Å². The third-order valence-corrected chi connectivity index (χ3v) is 2.52. The lowest BCUT2D eigenvalue weighted by atomic mass is 9.80. The summed E-state index contributed by atoms with van der Waals surface area (Å²) in [6.45, 7) is 9.10. The predicted molar refractivity (Wildman–Crippen MR) is 69.4 cm³/mol. The van der Waals surface area contributed by atoms with Crippen molar-refractivity contribution in [3.63, 3.8) is 0 Å². The number of carbonyl (C=O) groups is 2. The molecule has 0 aliphatic carbocycles. The van der Waals surface area contributed by atoms with E-state index in [0.29, 0.717) is 5.69 Å². The Balaban J connectivity index is 2.86. The molecule has 6 heteroatoms. The lowest BCUT2D eigenvalue weighted by Crippen LogP contribution is -2.40. The highest BCUT2D eigenvalue weighted by Crippen LogP contribution is 2.28. The number of aryl methyl sites for hydroxylation is 1. The van der Waals surface area contributed by atoms with Gasteiger partial charge in [-0.1, -0.05) is 25.9 Å². The number of rotatable bonds is 4. The van der Waals surface area contributed by atoms with E-state index in [0.717, 1.165) is 0 Å². The number of nitrogens with zero attached hydrogens (tertiary/aromatic N) is 1. The van der Waals surface area contributed by atoms with E-state index in [9.17, 15) is 9.59 Å². The van der Waals surface area contributed by atoms with E-state index in [4.69, 9.17) is 9.26 Å². The van der Waals surface area contributed by atoms with Gasteiger partial charge in [-0.05, 0) is 19.3 Å². The number of nitrogens with one attached hydrogen (secondary N) is 1. The highest BCUT2D eigenvalue weighted by molar-refractivity contribution is 6.04. The van der Waals surface area contributed by atoms with Gasteiger partial charge >= 0.3 is 5.97 Å². The molecule has 0 fully saturated rings. The minimum absolute atomic E-state index is 0.223. The second kappa shape index (κ2) is 5.86. The summed E-state index contributed by atoms with van der Waals surface area (Å²) in [4.78, 5) is 24.1. The molecule has 0 saturated carbocycles. The number of hydrogen-bond acceptors (Lipinski definition) is 5. The second-order valence-corrected chi connectivity index (χ2v) is 5.37. The monoisotopic (exact) mass is 268 g/mol. The summed E-state index contributed by atoms with van der Waals surface area (Å²) < 4.78 is 9.85. The molecule has 1 atom stereocenters. The molecule has 106 valence electrons. The van der Waals surface area contributed by atoms with Crippen LogP contribution in [-0.2, 0) is 14.3 Å². The lowest BCUT2D eigenvalue weighted by Gasteiger charge is -2.27. The maximum Gasteiger partial charge on any atom is 0.319 e. The summed E-state index contributed by atoms with van der Waals surface area (Å²) in [7, 11) is 0. The van der Waals surface area contributed by atoms with Gasteiger partial charge in [0.05, 0.1) is 12.3 Å². The van der Waals surface area contributed by atoms with Crippen molar-refractivity contribution in [3.05, 3.63) is 11.8 Å². The number of carbonyl (C=O) groups excluding carboxylic acids is 2.